The lowest BCUT2D eigenvalue weighted by Gasteiger charge is -2.33. The highest BCUT2D eigenvalue weighted by Gasteiger charge is 2.39. The first-order valence-corrected chi connectivity index (χ1v) is 6.40. The second-order valence-electron chi connectivity index (χ2n) is 5.31. The number of nitrogens with zero attached hydrogens (tertiary/aromatic N) is 1. The lowest BCUT2D eigenvalue weighted by Crippen LogP contribution is -2.52. The molecule has 98 valence electrons. The van der Waals surface area contributed by atoms with Crippen LogP contribution in [0.25, 0.3) is 0 Å². The van der Waals surface area contributed by atoms with Gasteiger partial charge in [0.15, 0.2) is 0 Å². The number of ether oxygens (including phenoxy) is 1. The zero-order chi connectivity index (χ0) is 12.3. The fourth-order valence-electron chi connectivity index (χ4n) is 2.68. The first kappa shape index (κ1) is 12.6. The fourth-order valence-corrected chi connectivity index (χ4v) is 2.68. The van der Waals surface area contributed by atoms with Crippen LogP contribution in [0, 0.1) is 5.41 Å². The normalized spacial score (nSPS) is 33.8. The van der Waals surface area contributed by atoms with Gasteiger partial charge in [0.1, 0.15) is 0 Å². The molecule has 1 heterocycles. The van der Waals surface area contributed by atoms with Crippen molar-refractivity contribution in [3.8, 4) is 0 Å². The lowest BCUT2D eigenvalue weighted by atomic mass is 9.86. The molecule has 1 saturated heterocycles. The van der Waals surface area contributed by atoms with E-state index in [4.69, 9.17) is 4.74 Å². The summed E-state index contributed by atoms with van der Waals surface area (Å²) in [6, 6.07) is 0.0859. The number of carbonyl (C=O) groups is 1. The van der Waals surface area contributed by atoms with Crippen molar-refractivity contribution in [2.24, 2.45) is 5.41 Å². The molecule has 1 aliphatic heterocycles. The summed E-state index contributed by atoms with van der Waals surface area (Å²) < 4.78 is 5.22. The minimum atomic E-state index is -0.151. The Morgan fingerprint density at radius 2 is 2.24 bits per heavy atom. The van der Waals surface area contributed by atoms with E-state index in [-0.39, 0.29) is 24.1 Å². The summed E-state index contributed by atoms with van der Waals surface area (Å²) in [4.78, 5) is 13.8. The SMILES string of the molecule is C[C@]1(CO)CCC[C@@H]1NC(=O)N1CCOCC1. The van der Waals surface area contributed by atoms with Crippen LogP contribution in [0.15, 0.2) is 0 Å². The Balaban J connectivity index is 1.89. The Morgan fingerprint density at radius 1 is 1.53 bits per heavy atom. The third-order valence-corrected chi connectivity index (χ3v) is 4.04. The van der Waals surface area contributed by atoms with Crippen molar-refractivity contribution in [2.75, 3.05) is 32.9 Å². The van der Waals surface area contributed by atoms with E-state index in [0.29, 0.717) is 26.3 Å². The van der Waals surface area contributed by atoms with Crippen molar-refractivity contribution in [1.82, 2.24) is 10.2 Å². The van der Waals surface area contributed by atoms with E-state index in [1.54, 1.807) is 4.90 Å². The molecule has 0 radical (unpaired) electrons. The summed E-state index contributed by atoms with van der Waals surface area (Å²) in [5.74, 6) is 0. The van der Waals surface area contributed by atoms with E-state index in [9.17, 15) is 9.90 Å². The maximum atomic E-state index is 12.0. The van der Waals surface area contributed by atoms with Crippen LogP contribution in [-0.2, 0) is 4.74 Å². The molecule has 0 unspecified atom stereocenters. The van der Waals surface area contributed by atoms with Gasteiger partial charge in [-0.3, -0.25) is 0 Å². The molecule has 5 nitrogen and oxygen atoms in total. The Hall–Kier alpha value is -0.810. The molecule has 0 bridgehead atoms. The van der Waals surface area contributed by atoms with E-state index in [0.717, 1.165) is 19.3 Å². The van der Waals surface area contributed by atoms with Crippen LogP contribution in [0.3, 0.4) is 0 Å². The van der Waals surface area contributed by atoms with E-state index in [1.165, 1.54) is 0 Å². The van der Waals surface area contributed by atoms with Crippen molar-refractivity contribution >= 4 is 6.03 Å². The molecule has 2 aliphatic rings. The van der Waals surface area contributed by atoms with E-state index < -0.39 is 0 Å². The average Bonchev–Trinajstić information content (AvgIpc) is 2.73. The van der Waals surface area contributed by atoms with Crippen molar-refractivity contribution in [3.63, 3.8) is 0 Å². The Labute approximate surface area is 102 Å². The van der Waals surface area contributed by atoms with Gasteiger partial charge in [0.2, 0.25) is 0 Å². The van der Waals surface area contributed by atoms with Crippen molar-refractivity contribution < 1.29 is 14.6 Å². The van der Waals surface area contributed by atoms with Gasteiger partial charge in [-0.1, -0.05) is 13.3 Å². The third kappa shape index (κ3) is 2.72. The summed E-state index contributed by atoms with van der Waals surface area (Å²) in [5, 5.41) is 12.5. The molecule has 17 heavy (non-hydrogen) atoms. The molecular formula is C12H22N2O3. The largest absolute Gasteiger partial charge is 0.396 e. The quantitative estimate of drug-likeness (QED) is 0.744. The minimum absolute atomic E-state index is 0.0140. The Bertz CT molecular complexity index is 279. The lowest BCUT2D eigenvalue weighted by molar-refractivity contribution is 0.0496. The van der Waals surface area contributed by atoms with Gasteiger partial charge in [-0.2, -0.15) is 0 Å². The number of aliphatic hydroxyl groups is 1. The van der Waals surface area contributed by atoms with E-state index in [1.807, 2.05) is 6.92 Å². The minimum Gasteiger partial charge on any atom is -0.396 e. The van der Waals surface area contributed by atoms with Crippen LogP contribution in [0.4, 0.5) is 4.79 Å². The number of aliphatic hydroxyl groups excluding tert-OH is 1. The molecule has 0 aromatic carbocycles. The summed E-state index contributed by atoms with van der Waals surface area (Å²) in [7, 11) is 0. The fraction of sp³-hybridized carbons (Fsp3) is 0.917. The second-order valence-corrected chi connectivity index (χ2v) is 5.31. The number of hydrogen-bond donors (Lipinski definition) is 2. The summed E-state index contributed by atoms with van der Waals surface area (Å²) in [6.45, 7) is 4.75. The summed E-state index contributed by atoms with van der Waals surface area (Å²) >= 11 is 0. The summed E-state index contributed by atoms with van der Waals surface area (Å²) in [6.07, 6.45) is 3.02. The topological polar surface area (TPSA) is 61.8 Å². The van der Waals surface area contributed by atoms with Gasteiger partial charge in [-0.15, -0.1) is 0 Å². The first-order valence-electron chi connectivity index (χ1n) is 6.40. The molecule has 5 heteroatoms. The zero-order valence-corrected chi connectivity index (χ0v) is 10.4. The molecule has 2 fully saturated rings. The van der Waals surface area contributed by atoms with Crippen molar-refractivity contribution in [3.05, 3.63) is 0 Å². The zero-order valence-electron chi connectivity index (χ0n) is 10.4. The Kier molecular flexibility index (Phi) is 3.89. The van der Waals surface area contributed by atoms with Crippen LogP contribution in [-0.4, -0.2) is 55.0 Å². The standard InChI is InChI=1S/C12H22N2O3/c1-12(9-15)4-2-3-10(12)13-11(16)14-5-7-17-8-6-14/h10,15H,2-9H2,1H3,(H,13,16)/t10-,12+/m0/s1. The highest BCUT2D eigenvalue weighted by molar-refractivity contribution is 5.74. The average molecular weight is 242 g/mol. The number of nitrogens with one attached hydrogen (secondary N) is 1. The molecule has 2 N–H and O–H groups in total. The monoisotopic (exact) mass is 242 g/mol. The highest BCUT2D eigenvalue weighted by atomic mass is 16.5. The maximum absolute atomic E-state index is 12.0. The smallest absolute Gasteiger partial charge is 0.317 e. The third-order valence-electron chi connectivity index (χ3n) is 4.04. The van der Waals surface area contributed by atoms with E-state index in [2.05, 4.69) is 5.32 Å². The van der Waals surface area contributed by atoms with Gasteiger partial charge in [0.05, 0.1) is 19.8 Å². The van der Waals surface area contributed by atoms with Gasteiger partial charge < -0.3 is 20.1 Å². The van der Waals surface area contributed by atoms with Gasteiger partial charge >= 0.3 is 6.03 Å². The van der Waals surface area contributed by atoms with Gasteiger partial charge in [-0.25, -0.2) is 4.79 Å². The number of amides is 2. The van der Waals surface area contributed by atoms with Gasteiger partial charge in [0, 0.05) is 24.5 Å². The molecule has 2 rings (SSSR count). The maximum Gasteiger partial charge on any atom is 0.317 e. The molecule has 1 saturated carbocycles. The highest BCUT2D eigenvalue weighted by Crippen LogP contribution is 2.37. The number of rotatable bonds is 2. The van der Waals surface area contributed by atoms with Crippen LogP contribution in [0.5, 0.6) is 0 Å². The Morgan fingerprint density at radius 3 is 2.88 bits per heavy atom. The first-order chi connectivity index (χ1) is 8.15. The number of morpholine rings is 1. The molecule has 1 aliphatic carbocycles. The van der Waals surface area contributed by atoms with Crippen LogP contribution in [0.2, 0.25) is 0 Å². The number of carbonyl (C=O) groups excluding carboxylic acids is 1. The van der Waals surface area contributed by atoms with Crippen LogP contribution < -0.4 is 5.32 Å². The molecule has 0 aromatic heterocycles. The van der Waals surface area contributed by atoms with Gasteiger partial charge in [0.25, 0.3) is 0 Å². The van der Waals surface area contributed by atoms with Gasteiger partial charge in [-0.05, 0) is 12.8 Å². The van der Waals surface area contributed by atoms with Crippen molar-refractivity contribution in [1.29, 1.82) is 0 Å². The summed E-state index contributed by atoms with van der Waals surface area (Å²) in [5.41, 5.74) is -0.151. The van der Waals surface area contributed by atoms with E-state index >= 15 is 0 Å². The molecule has 0 aromatic rings. The van der Waals surface area contributed by atoms with Crippen LogP contribution >= 0.6 is 0 Å². The second kappa shape index (κ2) is 5.23. The molecule has 0 spiro atoms. The predicted molar refractivity (Wildman–Crippen MR) is 63.8 cm³/mol. The number of urea groups is 1. The number of hydrogen-bond acceptors (Lipinski definition) is 3. The van der Waals surface area contributed by atoms with Crippen molar-refractivity contribution in [2.45, 2.75) is 32.2 Å². The predicted octanol–water partition coefficient (Wildman–Crippen LogP) is 0.579. The van der Waals surface area contributed by atoms with Crippen LogP contribution in [0.1, 0.15) is 26.2 Å². The molecule has 2 amide bonds. The molecule has 2 atom stereocenters. The molecular weight excluding hydrogens is 220 g/mol.